The molecule has 30 heavy (non-hydrogen) atoms. The zero-order valence-corrected chi connectivity index (χ0v) is 17.6. The van der Waals surface area contributed by atoms with Crippen molar-refractivity contribution in [2.75, 3.05) is 6.61 Å². The molecule has 4 nitrogen and oxygen atoms in total. The first-order valence-electron chi connectivity index (χ1n) is 11.5. The van der Waals surface area contributed by atoms with Gasteiger partial charge in [-0.05, 0) is 74.6 Å². The zero-order valence-electron chi connectivity index (χ0n) is 17.6. The number of hydrogen-bond donors (Lipinski definition) is 1. The highest BCUT2D eigenvalue weighted by atomic mass is 16.5. The van der Waals surface area contributed by atoms with Gasteiger partial charge < -0.3 is 14.8 Å². The van der Waals surface area contributed by atoms with Crippen molar-refractivity contribution in [1.82, 2.24) is 5.32 Å². The number of ether oxygens (including phenoxy) is 2. The number of nitrogens with one attached hydrogen (secondary N) is 1. The maximum atomic E-state index is 12.9. The molecular formula is C26H31NO3. The Morgan fingerprint density at radius 2 is 1.83 bits per heavy atom. The van der Waals surface area contributed by atoms with Crippen molar-refractivity contribution >= 4 is 5.91 Å². The minimum Gasteiger partial charge on any atom is -0.487 e. The van der Waals surface area contributed by atoms with E-state index in [4.69, 9.17) is 9.47 Å². The molecule has 5 rings (SSSR count). The predicted molar refractivity (Wildman–Crippen MR) is 117 cm³/mol. The minimum absolute atomic E-state index is 0.0196. The monoisotopic (exact) mass is 405 g/mol. The molecule has 158 valence electrons. The molecule has 2 aliphatic carbocycles. The smallest absolute Gasteiger partial charge is 0.258 e. The molecule has 1 aliphatic heterocycles. The Labute approximate surface area is 179 Å². The van der Waals surface area contributed by atoms with Gasteiger partial charge in [-0.3, -0.25) is 4.79 Å². The topological polar surface area (TPSA) is 47.6 Å². The lowest BCUT2D eigenvalue weighted by atomic mass is 9.77. The second kappa shape index (κ2) is 8.33. The molecule has 1 fully saturated rings. The Morgan fingerprint density at radius 3 is 2.73 bits per heavy atom. The highest BCUT2D eigenvalue weighted by Crippen LogP contribution is 2.46. The van der Waals surface area contributed by atoms with E-state index in [-0.39, 0.29) is 24.2 Å². The molecule has 0 saturated heterocycles. The first-order chi connectivity index (χ1) is 14.7. The summed E-state index contributed by atoms with van der Waals surface area (Å²) in [6.45, 7) is 0.0585. The van der Waals surface area contributed by atoms with E-state index >= 15 is 0 Å². The van der Waals surface area contributed by atoms with Crippen LogP contribution in [0.25, 0.3) is 0 Å². The van der Waals surface area contributed by atoms with Crippen molar-refractivity contribution in [2.45, 2.75) is 75.9 Å². The summed E-state index contributed by atoms with van der Waals surface area (Å²) < 4.78 is 12.5. The van der Waals surface area contributed by atoms with Gasteiger partial charge in [0.15, 0.2) is 6.61 Å². The lowest BCUT2D eigenvalue weighted by molar-refractivity contribution is -0.124. The third-order valence-electron chi connectivity index (χ3n) is 7.01. The summed E-state index contributed by atoms with van der Waals surface area (Å²) in [5, 5.41) is 3.25. The number of carbonyl (C=O) groups is 1. The Kier molecular flexibility index (Phi) is 5.41. The van der Waals surface area contributed by atoms with Crippen LogP contribution in [-0.2, 0) is 17.6 Å². The lowest BCUT2D eigenvalue weighted by Gasteiger charge is -2.44. The molecule has 0 bridgehead atoms. The largest absolute Gasteiger partial charge is 0.487 e. The van der Waals surface area contributed by atoms with E-state index in [2.05, 4.69) is 17.4 Å². The van der Waals surface area contributed by atoms with E-state index in [0.29, 0.717) is 0 Å². The van der Waals surface area contributed by atoms with Gasteiger partial charge in [-0.1, -0.05) is 36.8 Å². The maximum Gasteiger partial charge on any atom is 0.258 e. The average Bonchev–Trinajstić information content (AvgIpc) is 2.78. The molecule has 1 atom stereocenters. The van der Waals surface area contributed by atoms with Gasteiger partial charge in [-0.2, -0.15) is 0 Å². The SMILES string of the molecule is O=C(COc1cccc2c1CCCC2)NC1CC2(CCCCC2)Oc2ccccc21. The summed E-state index contributed by atoms with van der Waals surface area (Å²) in [5.74, 6) is 1.74. The maximum absolute atomic E-state index is 12.9. The quantitative estimate of drug-likeness (QED) is 0.752. The first-order valence-corrected chi connectivity index (χ1v) is 11.5. The third kappa shape index (κ3) is 3.92. The summed E-state index contributed by atoms with van der Waals surface area (Å²) in [6, 6.07) is 14.4. The first kappa shape index (κ1) is 19.5. The van der Waals surface area contributed by atoms with E-state index in [1.165, 1.54) is 43.2 Å². The van der Waals surface area contributed by atoms with Crippen molar-refractivity contribution in [1.29, 1.82) is 0 Å². The summed E-state index contributed by atoms with van der Waals surface area (Å²) in [7, 11) is 0. The molecule has 1 N–H and O–H groups in total. The van der Waals surface area contributed by atoms with Crippen LogP contribution in [0.2, 0.25) is 0 Å². The summed E-state index contributed by atoms with van der Waals surface area (Å²) in [6.07, 6.45) is 11.2. The van der Waals surface area contributed by atoms with Gasteiger partial charge in [0.1, 0.15) is 17.1 Å². The highest BCUT2D eigenvalue weighted by molar-refractivity contribution is 5.78. The zero-order chi connectivity index (χ0) is 20.4. The second-order valence-electron chi connectivity index (χ2n) is 9.10. The van der Waals surface area contributed by atoms with Gasteiger partial charge in [0, 0.05) is 12.0 Å². The fourth-order valence-electron chi connectivity index (χ4n) is 5.51. The number of carbonyl (C=O) groups excluding carboxylic acids is 1. The number of aryl methyl sites for hydroxylation is 1. The fourth-order valence-corrected chi connectivity index (χ4v) is 5.51. The van der Waals surface area contributed by atoms with Gasteiger partial charge in [0.2, 0.25) is 0 Å². The van der Waals surface area contributed by atoms with E-state index in [1.54, 1.807) is 0 Å². The second-order valence-corrected chi connectivity index (χ2v) is 9.10. The molecule has 3 aliphatic rings. The van der Waals surface area contributed by atoms with Crippen LogP contribution < -0.4 is 14.8 Å². The predicted octanol–water partition coefficient (Wildman–Crippen LogP) is 5.29. The molecule has 1 heterocycles. The average molecular weight is 406 g/mol. The van der Waals surface area contributed by atoms with Crippen LogP contribution in [0.15, 0.2) is 42.5 Å². The van der Waals surface area contributed by atoms with Crippen LogP contribution in [0.3, 0.4) is 0 Å². The van der Waals surface area contributed by atoms with Crippen LogP contribution in [0.1, 0.15) is 74.1 Å². The summed E-state index contributed by atoms with van der Waals surface area (Å²) in [5.41, 5.74) is 3.61. The normalized spacial score (nSPS) is 21.8. The molecule has 1 unspecified atom stereocenters. The number of rotatable bonds is 4. The lowest BCUT2D eigenvalue weighted by Crippen LogP contribution is -2.47. The number of hydrogen-bond acceptors (Lipinski definition) is 3. The molecule has 0 aromatic heterocycles. The van der Waals surface area contributed by atoms with Gasteiger partial charge in [0.25, 0.3) is 5.91 Å². The number of para-hydroxylation sites is 1. The van der Waals surface area contributed by atoms with E-state index in [0.717, 1.165) is 49.2 Å². The van der Waals surface area contributed by atoms with Crippen molar-refractivity contribution in [3.05, 3.63) is 59.2 Å². The number of fused-ring (bicyclic) bond motifs is 2. The van der Waals surface area contributed by atoms with Crippen molar-refractivity contribution in [2.24, 2.45) is 0 Å². The van der Waals surface area contributed by atoms with Crippen LogP contribution >= 0.6 is 0 Å². The molecule has 0 radical (unpaired) electrons. The Hall–Kier alpha value is -2.49. The van der Waals surface area contributed by atoms with Crippen LogP contribution in [0, 0.1) is 0 Å². The summed E-state index contributed by atoms with van der Waals surface area (Å²) in [4.78, 5) is 12.9. The van der Waals surface area contributed by atoms with Gasteiger partial charge >= 0.3 is 0 Å². The van der Waals surface area contributed by atoms with E-state index < -0.39 is 0 Å². The molecular weight excluding hydrogens is 374 g/mol. The molecule has 1 spiro atoms. The third-order valence-corrected chi connectivity index (χ3v) is 7.01. The molecule has 4 heteroatoms. The van der Waals surface area contributed by atoms with Crippen molar-refractivity contribution in [3.63, 3.8) is 0 Å². The molecule has 1 saturated carbocycles. The Balaban J connectivity index is 1.28. The van der Waals surface area contributed by atoms with Crippen LogP contribution in [0.5, 0.6) is 11.5 Å². The van der Waals surface area contributed by atoms with Gasteiger partial charge in [-0.15, -0.1) is 0 Å². The number of amides is 1. The fraction of sp³-hybridized carbons (Fsp3) is 0.500. The van der Waals surface area contributed by atoms with E-state index in [1.807, 2.05) is 30.3 Å². The standard InChI is InChI=1S/C26H31NO3/c28-25(18-29-23-14-8-10-19-9-2-3-11-20(19)23)27-22-17-26(15-6-1-7-16-26)30-24-13-5-4-12-21(22)24/h4-5,8,10,12-14,22H,1-3,6-7,9,11,15-18H2,(H,27,28). The minimum atomic E-state index is -0.135. The highest BCUT2D eigenvalue weighted by Gasteiger charge is 2.42. The van der Waals surface area contributed by atoms with Crippen molar-refractivity contribution in [3.8, 4) is 11.5 Å². The van der Waals surface area contributed by atoms with Crippen LogP contribution in [-0.4, -0.2) is 18.1 Å². The molecule has 2 aromatic rings. The number of benzene rings is 2. The van der Waals surface area contributed by atoms with Gasteiger partial charge in [0.05, 0.1) is 6.04 Å². The Morgan fingerprint density at radius 1 is 1.00 bits per heavy atom. The van der Waals surface area contributed by atoms with E-state index in [9.17, 15) is 4.79 Å². The van der Waals surface area contributed by atoms with Crippen LogP contribution in [0.4, 0.5) is 0 Å². The molecule has 2 aromatic carbocycles. The molecule has 1 amide bonds. The van der Waals surface area contributed by atoms with Crippen molar-refractivity contribution < 1.29 is 14.3 Å². The Bertz CT molecular complexity index is 916. The van der Waals surface area contributed by atoms with Gasteiger partial charge in [-0.25, -0.2) is 0 Å². The summed E-state index contributed by atoms with van der Waals surface area (Å²) >= 11 is 0.